The molecule has 1 N–H and O–H groups in total. The molecule has 0 aliphatic rings. The lowest BCUT2D eigenvalue weighted by Crippen LogP contribution is -2.28. The smallest absolute Gasteiger partial charge is 0.310 e. The molecular weight excluding hydrogens is 344 g/mol. The van der Waals surface area contributed by atoms with Crippen LogP contribution in [0.4, 0.5) is 0 Å². The highest BCUT2D eigenvalue weighted by Crippen LogP contribution is 2.15. The van der Waals surface area contributed by atoms with Crippen LogP contribution < -0.4 is 0 Å². The van der Waals surface area contributed by atoms with Gasteiger partial charge >= 0.3 is 17.9 Å². The first-order valence-electron chi connectivity index (χ1n) is 8.34. The minimum absolute atomic E-state index is 0.246. The van der Waals surface area contributed by atoms with Crippen molar-refractivity contribution in [2.24, 2.45) is 5.92 Å². The van der Waals surface area contributed by atoms with Gasteiger partial charge in [0.2, 0.25) is 0 Å². The SMILES string of the molecule is C[Si](C)(C)CCOC(=O)C[C@H](CC(=O)O)C(=O)OCC[Si](C)(C)C. The number of hydrogen-bond donors (Lipinski definition) is 1. The van der Waals surface area contributed by atoms with Gasteiger partial charge in [0.1, 0.15) is 0 Å². The zero-order chi connectivity index (χ0) is 19.0. The number of aliphatic carboxylic acids is 1. The number of carbonyl (C=O) groups is 3. The summed E-state index contributed by atoms with van der Waals surface area (Å²) in [5.74, 6) is -3.28. The summed E-state index contributed by atoms with van der Waals surface area (Å²) in [7, 11) is -2.65. The van der Waals surface area contributed by atoms with Gasteiger partial charge in [0.25, 0.3) is 0 Å². The van der Waals surface area contributed by atoms with Crippen LogP contribution in [0, 0.1) is 5.92 Å². The second kappa shape index (κ2) is 9.98. The third-order valence-electron chi connectivity index (χ3n) is 3.38. The fraction of sp³-hybridized carbons (Fsp3) is 0.812. The molecule has 0 rings (SSSR count). The van der Waals surface area contributed by atoms with E-state index in [9.17, 15) is 14.4 Å². The van der Waals surface area contributed by atoms with Crippen molar-refractivity contribution in [2.45, 2.75) is 64.2 Å². The first-order valence-corrected chi connectivity index (χ1v) is 15.8. The van der Waals surface area contributed by atoms with Crippen LogP contribution in [0.2, 0.25) is 51.4 Å². The fourth-order valence-electron chi connectivity index (χ4n) is 1.76. The Morgan fingerprint density at radius 2 is 1.29 bits per heavy atom. The molecule has 0 aliphatic heterocycles. The van der Waals surface area contributed by atoms with Gasteiger partial charge in [0.15, 0.2) is 0 Å². The monoisotopic (exact) mass is 376 g/mol. The van der Waals surface area contributed by atoms with Crippen LogP contribution in [0.5, 0.6) is 0 Å². The van der Waals surface area contributed by atoms with E-state index in [2.05, 4.69) is 39.3 Å². The Kier molecular flexibility index (Phi) is 9.50. The molecule has 0 spiro atoms. The van der Waals surface area contributed by atoms with Crippen molar-refractivity contribution in [3.8, 4) is 0 Å². The largest absolute Gasteiger partial charge is 0.481 e. The van der Waals surface area contributed by atoms with Crippen molar-refractivity contribution in [3.05, 3.63) is 0 Å². The van der Waals surface area contributed by atoms with Crippen LogP contribution >= 0.6 is 0 Å². The molecule has 0 heterocycles. The van der Waals surface area contributed by atoms with Gasteiger partial charge < -0.3 is 14.6 Å². The summed E-state index contributed by atoms with van der Waals surface area (Å²) in [6, 6.07) is 1.64. The van der Waals surface area contributed by atoms with Gasteiger partial charge in [-0.25, -0.2) is 0 Å². The van der Waals surface area contributed by atoms with Crippen LogP contribution in [-0.4, -0.2) is 52.4 Å². The van der Waals surface area contributed by atoms with E-state index in [1.54, 1.807) is 0 Å². The van der Waals surface area contributed by atoms with Crippen molar-refractivity contribution in [1.82, 2.24) is 0 Å². The number of rotatable bonds is 11. The predicted molar refractivity (Wildman–Crippen MR) is 98.6 cm³/mol. The van der Waals surface area contributed by atoms with E-state index in [1.807, 2.05) is 0 Å². The van der Waals surface area contributed by atoms with E-state index in [0.29, 0.717) is 6.61 Å². The Labute approximate surface area is 146 Å². The molecule has 8 heteroatoms. The van der Waals surface area contributed by atoms with Gasteiger partial charge in [-0.3, -0.25) is 14.4 Å². The van der Waals surface area contributed by atoms with Gasteiger partial charge in [0.05, 0.1) is 32.0 Å². The maximum Gasteiger partial charge on any atom is 0.310 e. The first kappa shape index (κ1) is 22.8. The average Bonchev–Trinajstić information content (AvgIpc) is 2.34. The van der Waals surface area contributed by atoms with E-state index in [-0.39, 0.29) is 13.0 Å². The number of ether oxygens (including phenoxy) is 2. The highest BCUT2D eigenvalue weighted by Gasteiger charge is 2.27. The van der Waals surface area contributed by atoms with Crippen LogP contribution in [0.3, 0.4) is 0 Å². The molecular formula is C16H32O6Si2. The van der Waals surface area contributed by atoms with Crippen molar-refractivity contribution in [3.63, 3.8) is 0 Å². The summed E-state index contributed by atoms with van der Waals surface area (Å²) in [4.78, 5) is 34.8. The minimum atomic E-state index is -1.34. The maximum absolute atomic E-state index is 12.1. The average molecular weight is 377 g/mol. The van der Waals surface area contributed by atoms with E-state index >= 15 is 0 Å². The number of esters is 2. The molecule has 0 unspecified atom stereocenters. The molecule has 0 aliphatic carbocycles. The number of hydrogen-bond acceptors (Lipinski definition) is 5. The second-order valence-electron chi connectivity index (χ2n) is 8.51. The molecule has 0 bridgehead atoms. The Morgan fingerprint density at radius 1 is 0.833 bits per heavy atom. The minimum Gasteiger partial charge on any atom is -0.481 e. The lowest BCUT2D eigenvalue weighted by atomic mass is 10.0. The van der Waals surface area contributed by atoms with E-state index in [4.69, 9.17) is 14.6 Å². The first-order chi connectivity index (χ1) is 10.8. The van der Waals surface area contributed by atoms with Gasteiger partial charge in [0, 0.05) is 16.1 Å². The van der Waals surface area contributed by atoms with Crippen LogP contribution in [0.1, 0.15) is 12.8 Å². The van der Waals surface area contributed by atoms with Crippen molar-refractivity contribution < 1.29 is 29.0 Å². The summed E-state index contributed by atoms with van der Waals surface area (Å²) in [6.45, 7) is 13.6. The topological polar surface area (TPSA) is 89.9 Å². The van der Waals surface area contributed by atoms with Crippen molar-refractivity contribution in [2.75, 3.05) is 13.2 Å². The number of carbonyl (C=O) groups excluding carboxylic acids is 2. The Morgan fingerprint density at radius 3 is 1.71 bits per heavy atom. The Balaban J connectivity index is 4.46. The van der Waals surface area contributed by atoms with E-state index in [0.717, 1.165) is 12.1 Å². The highest BCUT2D eigenvalue weighted by molar-refractivity contribution is 6.76. The summed E-state index contributed by atoms with van der Waals surface area (Å²) in [6.07, 6.45) is -0.668. The Bertz CT molecular complexity index is 437. The molecule has 0 radical (unpaired) electrons. The fourth-order valence-corrected chi connectivity index (χ4v) is 3.19. The van der Waals surface area contributed by atoms with Gasteiger partial charge in [-0.2, -0.15) is 0 Å². The number of carboxylic acid groups (broad SMARTS) is 1. The third-order valence-corrected chi connectivity index (χ3v) is 6.79. The predicted octanol–water partition coefficient (Wildman–Crippen LogP) is 3.23. The van der Waals surface area contributed by atoms with Crippen molar-refractivity contribution in [1.29, 1.82) is 0 Å². The van der Waals surface area contributed by atoms with Gasteiger partial charge in [-0.15, -0.1) is 0 Å². The molecule has 0 aromatic rings. The molecule has 140 valence electrons. The summed E-state index contributed by atoms with van der Waals surface area (Å²) < 4.78 is 10.3. The standard InChI is InChI=1S/C16H32O6Si2/c1-23(2,3)9-7-21-15(19)12-13(11-14(17)18)16(20)22-8-10-24(4,5)6/h13H,7-12H2,1-6H3,(H,17,18)/t13-/m0/s1. The molecule has 0 saturated carbocycles. The van der Waals surface area contributed by atoms with Gasteiger partial charge in [-0.05, 0) is 12.1 Å². The molecule has 0 amide bonds. The normalized spacial score (nSPS) is 13.2. The van der Waals surface area contributed by atoms with Crippen LogP contribution in [-0.2, 0) is 23.9 Å². The second-order valence-corrected chi connectivity index (χ2v) is 19.8. The summed E-state index contributed by atoms with van der Waals surface area (Å²) in [5, 5.41) is 8.94. The zero-order valence-electron chi connectivity index (χ0n) is 15.8. The molecule has 1 atom stereocenters. The van der Waals surface area contributed by atoms with E-state index in [1.165, 1.54) is 0 Å². The molecule has 24 heavy (non-hydrogen) atoms. The summed E-state index contributed by atoms with van der Waals surface area (Å²) >= 11 is 0. The lowest BCUT2D eigenvalue weighted by Gasteiger charge is -2.18. The Hall–Kier alpha value is -1.16. The molecule has 0 fully saturated rings. The van der Waals surface area contributed by atoms with Gasteiger partial charge in [-0.1, -0.05) is 39.3 Å². The van der Waals surface area contributed by atoms with Crippen LogP contribution in [0.25, 0.3) is 0 Å². The maximum atomic E-state index is 12.1. The lowest BCUT2D eigenvalue weighted by molar-refractivity contribution is -0.157. The van der Waals surface area contributed by atoms with Crippen LogP contribution in [0.15, 0.2) is 0 Å². The molecule has 0 aromatic heterocycles. The molecule has 0 saturated heterocycles. The number of carboxylic acids is 1. The third kappa shape index (κ3) is 13.3. The quantitative estimate of drug-likeness (QED) is 0.440. The zero-order valence-corrected chi connectivity index (χ0v) is 17.8. The van der Waals surface area contributed by atoms with Crippen molar-refractivity contribution >= 4 is 34.1 Å². The highest BCUT2D eigenvalue weighted by atomic mass is 28.3. The molecule has 0 aromatic carbocycles. The summed E-state index contributed by atoms with van der Waals surface area (Å²) in [5.41, 5.74) is 0. The van der Waals surface area contributed by atoms with E-state index < -0.39 is 46.4 Å². The molecule has 6 nitrogen and oxygen atoms in total.